The summed E-state index contributed by atoms with van der Waals surface area (Å²) in [6.07, 6.45) is 8.85. The van der Waals surface area contributed by atoms with E-state index in [1.807, 2.05) is 6.92 Å². The van der Waals surface area contributed by atoms with Gasteiger partial charge in [0.15, 0.2) is 0 Å². The van der Waals surface area contributed by atoms with Crippen molar-refractivity contribution >= 4 is 21.6 Å². The number of amides is 1. The fraction of sp³-hybridized carbons (Fsp3) is 0.458. The Morgan fingerprint density at radius 3 is 2.17 bits per heavy atom. The zero-order valence-electron chi connectivity index (χ0n) is 17.9. The maximum Gasteiger partial charge on any atom is 0.264 e. The molecule has 0 heterocycles. The number of hydrogen-bond donors (Lipinski definition) is 1. The van der Waals surface area contributed by atoms with Gasteiger partial charge in [-0.05, 0) is 55.7 Å². The topological polar surface area (TPSA) is 66.5 Å². The van der Waals surface area contributed by atoms with Crippen LogP contribution in [0, 0.1) is 12.8 Å². The van der Waals surface area contributed by atoms with E-state index in [2.05, 4.69) is 5.32 Å². The molecule has 5 nitrogen and oxygen atoms in total. The van der Waals surface area contributed by atoms with Crippen molar-refractivity contribution < 1.29 is 13.2 Å². The molecule has 0 radical (unpaired) electrons. The highest BCUT2D eigenvalue weighted by Gasteiger charge is 2.21. The Bertz CT molecular complexity index is 929. The van der Waals surface area contributed by atoms with Crippen LogP contribution in [-0.4, -0.2) is 27.9 Å². The first-order chi connectivity index (χ1) is 14.4. The van der Waals surface area contributed by atoms with Crippen molar-refractivity contribution in [2.75, 3.05) is 17.9 Å². The van der Waals surface area contributed by atoms with E-state index in [-0.39, 0.29) is 10.8 Å². The summed E-state index contributed by atoms with van der Waals surface area (Å²) in [5.41, 5.74) is 2.07. The normalized spacial score (nSPS) is 15.4. The molecule has 0 saturated heterocycles. The van der Waals surface area contributed by atoms with Crippen molar-refractivity contribution in [1.82, 2.24) is 5.32 Å². The lowest BCUT2D eigenvalue weighted by atomic mass is 9.97. The SMILES string of the molecule is Cc1ccc(S(=O)(=O)N(C)c2ccc(C(=O)NCCC3CCCCCC3)cc2)cc1. The minimum Gasteiger partial charge on any atom is -0.352 e. The third-order valence-corrected chi connectivity index (χ3v) is 7.79. The lowest BCUT2D eigenvalue weighted by Gasteiger charge is -2.20. The van der Waals surface area contributed by atoms with Gasteiger partial charge in [-0.25, -0.2) is 8.42 Å². The van der Waals surface area contributed by atoms with Gasteiger partial charge in [0.1, 0.15) is 0 Å². The smallest absolute Gasteiger partial charge is 0.264 e. The van der Waals surface area contributed by atoms with Crippen LogP contribution in [-0.2, 0) is 10.0 Å². The molecular weight excluding hydrogens is 396 g/mol. The van der Waals surface area contributed by atoms with Gasteiger partial charge in [0.2, 0.25) is 0 Å². The first-order valence-electron chi connectivity index (χ1n) is 10.8. The van der Waals surface area contributed by atoms with Crippen LogP contribution in [0.2, 0.25) is 0 Å². The quantitative estimate of drug-likeness (QED) is 0.637. The predicted octanol–water partition coefficient (Wildman–Crippen LogP) is 4.91. The molecule has 30 heavy (non-hydrogen) atoms. The summed E-state index contributed by atoms with van der Waals surface area (Å²) >= 11 is 0. The van der Waals surface area contributed by atoms with Gasteiger partial charge in [-0.2, -0.15) is 0 Å². The predicted molar refractivity (Wildman–Crippen MR) is 121 cm³/mol. The number of hydrogen-bond acceptors (Lipinski definition) is 3. The summed E-state index contributed by atoms with van der Waals surface area (Å²) in [6.45, 7) is 2.60. The lowest BCUT2D eigenvalue weighted by molar-refractivity contribution is 0.0951. The minimum atomic E-state index is -3.64. The van der Waals surface area contributed by atoms with Crippen molar-refractivity contribution in [1.29, 1.82) is 0 Å². The zero-order valence-corrected chi connectivity index (χ0v) is 18.7. The standard InChI is InChI=1S/C24H32N2O3S/c1-19-9-15-23(16-10-19)30(28,29)26(2)22-13-11-21(12-14-22)24(27)25-18-17-20-7-5-3-4-6-8-20/h9-16,20H,3-8,17-18H2,1-2H3,(H,25,27). The highest BCUT2D eigenvalue weighted by atomic mass is 32.2. The van der Waals surface area contributed by atoms with Crippen LogP contribution in [0.4, 0.5) is 5.69 Å². The van der Waals surface area contributed by atoms with Crippen molar-refractivity contribution in [3.63, 3.8) is 0 Å². The molecule has 3 rings (SSSR count). The van der Waals surface area contributed by atoms with Crippen LogP contribution in [0.5, 0.6) is 0 Å². The van der Waals surface area contributed by atoms with E-state index in [0.29, 0.717) is 17.8 Å². The second-order valence-electron chi connectivity index (χ2n) is 8.23. The average molecular weight is 429 g/mol. The monoisotopic (exact) mass is 428 g/mol. The van der Waals surface area contributed by atoms with Gasteiger partial charge in [-0.3, -0.25) is 9.10 Å². The molecule has 0 aromatic heterocycles. The van der Waals surface area contributed by atoms with Crippen molar-refractivity contribution in [3.05, 3.63) is 59.7 Å². The largest absolute Gasteiger partial charge is 0.352 e. The van der Waals surface area contributed by atoms with Gasteiger partial charge in [0.25, 0.3) is 15.9 Å². The first kappa shape index (κ1) is 22.3. The van der Waals surface area contributed by atoms with Crippen LogP contribution < -0.4 is 9.62 Å². The number of aryl methyl sites for hydroxylation is 1. The van der Waals surface area contributed by atoms with E-state index in [1.165, 1.54) is 49.9 Å². The molecule has 0 atom stereocenters. The molecule has 2 aromatic rings. The fourth-order valence-electron chi connectivity index (χ4n) is 3.97. The molecule has 1 fully saturated rings. The zero-order chi connectivity index (χ0) is 21.6. The molecule has 1 aliphatic carbocycles. The van der Waals surface area contributed by atoms with Crippen molar-refractivity contribution in [2.24, 2.45) is 5.92 Å². The number of nitrogens with zero attached hydrogens (tertiary/aromatic N) is 1. The van der Waals surface area contributed by atoms with E-state index in [1.54, 1.807) is 48.5 Å². The maximum absolute atomic E-state index is 12.8. The second kappa shape index (κ2) is 10.1. The molecule has 1 N–H and O–H groups in total. The Morgan fingerprint density at radius 2 is 1.57 bits per heavy atom. The van der Waals surface area contributed by atoms with Gasteiger partial charge < -0.3 is 5.32 Å². The third-order valence-electron chi connectivity index (χ3n) is 5.99. The van der Waals surface area contributed by atoms with Gasteiger partial charge >= 0.3 is 0 Å². The van der Waals surface area contributed by atoms with Gasteiger partial charge in [-0.1, -0.05) is 56.2 Å². The molecule has 1 saturated carbocycles. The Morgan fingerprint density at radius 1 is 0.967 bits per heavy atom. The molecule has 162 valence electrons. The summed E-state index contributed by atoms with van der Waals surface area (Å²) < 4.78 is 26.9. The Labute approximate surface area is 180 Å². The van der Waals surface area contributed by atoms with E-state index in [4.69, 9.17) is 0 Å². The number of carbonyl (C=O) groups is 1. The summed E-state index contributed by atoms with van der Waals surface area (Å²) in [6, 6.07) is 13.5. The van der Waals surface area contributed by atoms with E-state index in [9.17, 15) is 13.2 Å². The van der Waals surface area contributed by atoms with Crippen molar-refractivity contribution in [3.8, 4) is 0 Å². The molecule has 1 aliphatic rings. The molecule has 0 aliphatic heterocycles. The van der Waals surface area contributed by atoms with Gasteiger partial charge in [-0.15, -0.1) is 0 Å². The van der Waals surface area contributed by atoms with Crippen LogP contribution in [0.1, 0.15) is 60.9 Å². The Hall–Kier alpha value is -2.34. The number of nitrogens with one attached hydrogen (secondary N) is 1. The van der Waals surface area contributed by atoms with Crippen LogP contribution in [0.15, 0.2) is 53.4 Å². The minimum absolute atomic E-state index is 0.112. The molecule has 2 aromatic carbocycles. The average Bonchev–Trinajstić information content (AvgIpc) is 3.02. The molecule has 1 amide bonds. The maximum atomic E-state index is 12.8. The summed E-state index contributed by atoms with van der Waals surface area (Å²) in [7, 11) is -2.11. The number of sulfonamides is 1. The molecule has 0 spiro atoms. The number of anilines is 1. The Balaban J connectivity index is 1.58. The number of carbonyl (C=O) groups excluding carboxylic acids is 1. The molecular formula is C24H32N2O3S. The molecule has 0 unspecified atom stereocenters. The summed E-state index contributed by atoms with van der Waals surface area (Å²) in [5.74, 6) is 0.607. The third kappa shape index (κ3) is 5.63. The molecule has 6 heteroatoms. The van der Waals surface area contributed by atoms with Gasteiger partial charge in [0.05, 0.1) is 10.6 Å². The van der Waals surface area contributed by atoms with E-state index >= 15 is 0 Å². The summed E-state index contributed by atoms with van der Waals surface area (Å²) in [5, 5.41) is 3.01. The van der Waals surface area contributed by atoms with E-state index in [0.717, 1.165) is 17.9 Å². The van der Waals surface area contributed by atoms with E-state index < -0.39 is 10.0 Å². The van der Waals surface area contributed by atoms with Crippen LogP contribution in [0.25, 0.3) is 0 Å². The number of benzene rings is 2. The highest BCUT2D eigenvalue weighted by Crippen LogP contribution is 2.25. The first-order valence-corrected chi connectivity index (χ1v) is 12.3. The molecule has 0 bridgehead atoms. The summed E-state index contributed by atoms with van der Waals surface area (Å²) in [4.78, 5) is 12.7. The van der Waals surface area contributed by atoms with Crippen LogP contribution in [0.3, 0.4) is 0 Å². The van der Waals surface area contributed by atoms with Gasteiger partial charge in [0, 0.05) is 19.2 Å². The van der Waals surface area contributed by atoms with Crippen LogP contribution >= 0.6 is 0 Å². The fourth-order valence-corrected chi connectivity index (χ4v) is 5.17. The lowest BCUT2D eigenvalue weighted by Crippen LogP contribution is -2.27. The second-order valence-corrected chi connectivity index (χ2v) is 10.2. The van der Waals surface area contributed by atoms with Crippen molar-refractivity contribution in [2.45, 2.75) is 56.8 Å². The Kier molecular flexibility index (Phi) is 7.53. The number of rotatable bonds is 7. The highest BCUT2D eigenvalue weighted by molar-refractivity contribution is 7.92.